The van der Waals surface area contributed by atoms with Gasteiger partial charge in [-0.1, -0.05) is 6.92 Å². The third-order valence-corrected chi connectivity index (χ3v) is 3.39. The number of piperazine rings is 1. The first-order chi connectivity index (χ1) is 8.58. The fourth-order valence-corrected chi connectivity index (χ4v) is 2.16. The molecule has 18 heavy (non-hydrogen) atoms. The summed E-state index contributed by atoms with van der Waals surface area (Å²) in [6.45, 7) is 10.1. The van der Waals surface area contributed by atoms with Crippen LogP contribution in [0.25, 0.3) is 0 Å². The highest BCUT2D eigenvalue weighted by Crippen LogP contribution is 2.07. The van der Waals surface area contributed by atoms with E-state index < -0.39 is 0 Å². The third kappa shape index (κ3) is 4.55. The summed E-state index contributed by atoms with van der Waals surface area (Å²) in [5, 5.41) is 9.60. The number of carbonyl (C=O) groups is 1. The molecular weight excluding hydrogens is 232 g/mol. The zero-order valence-corrected chi connectivity index (χ0v) is 11.8. The first-order valence-electron chi connectivity index (χ1n) is 6.89. The number of aliphatic hydroxyl groups excluding tert-OH is 1. The molecule has 0 aromatic rings. The number of ether oxygens (including phenoxy) is 1. The largest absolute Gasteiger partial charge is 0.392 e. The minimum absolute atomic E-state index is 0.0764. The smallest absolute Gasteiger partial charge is 0.251 e. The van der Waals surface area contributed by atoms with Crippen molar-refractivity contribution in [3.05, 3.63) is 0 Å². The van der Waals surface area contributed by atoms with Gasteiger partial charge in [-0.15, -0.1) is 0 Å². The lowest BCUT2D eigenvalue weighted by Gasteiger charge is -2.36. The van der Waals surface area contributed by atoms with Gasteiger partial charge < -0.3 is 14.7 Å². The SMILES string of the molecule is CCO[C@H](C)C(=O)N1CCN(C[C@H](O)CC)CC1. The van der Waals surface area contributed by atoms with Gasteiger partial charge in [0.25, 0.3) is 5.91 Å². The van der Waals surface area contributed by atoms with Crippen molar-refractivity contribution in [1.29, 1.82) is 0 Å². The van der Waals surface area contributed by atoms with Crippen molar-refractivity contribution < 1.29 is 14.6 Å². The quantitative estimate of drug-likeness (QED) is 0.746. The van der Waals surface area contributed by atoms with Gasteiger partial charge in [-0.05, 0) is 20.3 Å². The van der Waals surface area contributed by atoms with Crippen LogP contribution in [0, 0.1) is 0 Å². The molecule has 1 rings (SSSR count). The Morgan fingerprint density at radius 2 is 1.89 bits per heavy atom. The van der Waals surface area contributed by atoms with Crippen LogP contribution in [0.5, 0.6) is 0 Å². The van der Waals surface area contributed by atoms with E-state index in [0.29, 0.717) is 13.2 Å². The van der Waals surface area contributed by atoms with Crippen molar-refractivity contribution in [3.63, 3.8) is 0 Å². The van der Waals surface area contributed by atoms with E-state index in [4.69, 9.17) is 4.74 Å². The highest BCUT2D eigenvalue weighted by Gasteiger charge is 2.25. The zero-order chi connectivity index (χ0) is 13.5. The van der Waals surface area contributed by atoms with Gasteiger partial charge in [-0.25, -0.2) is 0 Å². The van der Waals surface area contributed by atoms with Crippen LogP contribution in [0.3, 0.4) is 0 Å². The molecule has 0 radical (unpaired) electrons. The molecule has 0 aromatic carbocycles. The van der Waals surface area contributed by atoms with Gasteiger partial charge in [-0.3, -0.25) is 9.69 Å². The predicted octanol–water partition coefficient (Wildman–Crippen LogP) is 0.327. The molecular formula is C13H26N2O3. The van der Waals surface area contributed by atoms with Crippen molar-refractivity contribution in [2.24, 2.45) is 0 Å². The van der Waals surface area contributed by atoms with Crippen molar-refractivity contribution in [1.82, 2.24) is 9.80 Å². The van der Waals surface area contributed by atoms with E-state index >= 15 is 0 Å². The number of nitrogens with zero attached hydrogens (tertiary/aromatic N) is 2. The van der Waals surface area contributed by atoms with Gasteiger partial charge in [0.1, 0.15) is 6.10 Å². The maximum absolute atomic E-state index is 12.0. The topological polar surface area (TPSA) is 53.0 Å². The lowest BCUT2D eigenvalue weighted by atomic mass is 10.2. The Bertz CT molecular complexity index is 253. The van der Waals surface area contributed by atoms with Gasteiger partial charge in [0.2, 0.25) is 0 Å². The Morgan fingerprint density at radius 1 is 1.28 bits per heavy atom. The summed E-state index contributed by atoms with van der Waals surface area (Å²) in [7, 11) is 0. The lowest BCUT2D eigenvalue weighted by Crippen LogP contribution is -2.52. The van der Waals surface area contributed by atoms with Gasteiger partial charge in [0.15, 0.2) is 0 Å². The van der Waals surface area contributed by atoms with E-state index in [-0.39, 0.29) is 18.1 Å². The Hall–Kier alpha value is -0.650. The minimum atomic E-state index is -0.345. The lowest BCUT2D eigenvalue weighted by molar-refractivity contribution is -0.144. The predicted molar refractivity (Wildman–Crippen MR) is 70.4 cm³/mol. The van der Waals surface area contributed by atoms with Crippen LogP contribution in [0.15, 0.2) is 0 Å². The standard InChI is InChI=1S/C13H26N2O3/c1-4-12(16)10-14-6-8-15(9-7-14)13(17)11(3)18-5-2/h11-12,16H,4-10H2,1-3H3/t11-,12-/m1/s1. The number of carbonyl (C=O) groups excluding carboxylic acids is 1. The summed E-state index contributed by atoms with van der Waals surface area (Å²) in [4.78, 5) is 16.1. The molecule has 0 spiro atoms. The van der Waals surface area contributed by atoms with Crippen molar-refractivity contribution in [2.45, 2.75) is 39.4 Å². The Kier molecular flexibility index (Phi) is 6.60. The average molecular weight is 258 g/mol. The third-order valence-electron chi connectivity index (χ3n) is 3.39. The number of rotatable bonds is 6. The molecule has 1 heterocycles. The van der Waals surface area contributed by atoms with Gasteiger partial charge in [0, 0.05) is 39.3 Å². The summed E-state index contributed by atoms with van der Waals surface area (Å²) in [6.07, 6.45) is 0.179. The first-order valence-corrected chi connectivity index (χ1v) is 6.89. The minimum Gasteiger partial charge on any atom is -0.392 e. The molecule has 5 nitrogen and oxygen atoms in total. The molecule has 0 bridgehead atoms. The molecule has 1 N–H and O–H groups in total. The maximum atomic E-state index is 12.0. The molecule has 5 heteroatoms. The number of β-amino-alcohol motifs (C(OH)–C–C–N with tert-alkyl or cyclic N) is 1. The summed E-state index contributed by atoms with van der Waals surface area (Å²) < 4.78 is 5.32. The van der Waals surface area contributed by atoms with E-state index in [2.05, 4.69) is 4.90 Å². The second kappa shape index (κ2) is 7.71. The molecule has 1 amide bonds. The maximum Gasteiger partial charge on any atom is 0.251 e. The summed E-state index contributed by atoms with van der Waals surface area (Å²) in [5.41, 5.74) is 0. The monoisotopic (exact) mass is 258 g/mol. The molecule has 0 aromatic heterocycles. The molecule has 0 unspecified atom stereocenters. The Morgan fingerprint density at radius 3 is 2.39 bits per heavy atom. The molecule has 1 aliphatic rings. The second-order valence-corrected chi connectivity index (χ2v) is 4.79. The second-order valence-electron chi connectivity index (χ2n) is 4.79. The van der Waals surface area contributed by atoms with Gasteiger partial charge >= 0.3 is 0 Å². The highest BCUT2D eigenvalue weighted by molar-refractivity contribution is 5.80. The summed E-state index contributed by atoms with van der Waals surface area (Å²) in [6, 6.07) is 0. The molecule has 1 saturated heterocycles. The van der Waals surface area contributed by atoms with Crippen molar-refractivity contribution >= 4 is 5.91 Å². The number of hydrogen-bond donors (Lipinski definition) is 1. The fourth-order valence-electron chi connectivity index (χ4n) is 2.16. The zero-order valence-electron chi connectivity index (χ0n) is 11.8. The number of aliphatic hydroxyl groups is 1. The van der Waals surface area contributed by atoms with Crippen LogP contribution >= 0.6 is 0 Å². The molecule has 1 aliphatic heterocycles. The van der Waals surface area contributed by atoms with E-state index in [0.717, 1.165) is 32.6 Å². The number of amides is 1. The molecule has 106 valence electrons. The molecule has 0 saturated carbocycles. The van der Waals surface area contributed by atoms with E-state index in [1.165, 1.54) is 0 Å². The van der Waals surface area contributed by atoms with E-state index in [9.17, 15) is 9.90 Å². The van der Waals surface area contributed by atoms with Crippen molar-refractivity contribution in [2.75, 3.05) is 39.3 Å². The Labute approximate surface area is 110 Å². The number of hydrogen-bond acceptors (Lipinski definition) is 4. The van der Waals surface area contributed by atoms with Gasteiger partial charge in [-0.2, -0.15) is 0 Å². The highest BCUT2D eigenvalue weighted by atomic mass is 16.5. The van der Waals surface area contributed by atoms with Crippen molar-refractivity contribution in [3.8, 4) is 0 Å². The summed E-state index contributed by atoms with van der Waals surface area (Å²) in [5.74, 6) is 0.0764. The average Bonchev–Trinajstić information content (AvgIpc) is 2.39. The van der Waals surface area contributed by atoms with Crippen LogP contribution in [-0.4, -0.2) is 72.4 Å². The first kappa shape index (κ1) is 15.4. The van der Waals surface area contributed by atoms with E-state index in [1.807, 2.05) is 18.7 Å². The molecule has 0 aliphatic carbocycles. The van der Waals surface area contributed by atoms with Crippen LogP contribution in [0.1, 0.15) is 27.2 Å². The van der Waals surface area contributed by atoms with Gasteiger partial charge in [0.05, 0.1) is 6.10 Å². The summed E-state index contributed by atoms with van der Waals surface area (Å²) >= 11 is 0. The van der Waals surface area contributed by atoms with E-state index in [1.54, 1.807) is 6.92 Å². The molecule has 2 atom stereocenters. The van der Waals surface area contributed by atoms with Crippen LogP contribution in [-0.2, 0) is 9.53 Å². The Balaban J connectivity index is 2.32. The normalized spacial score (nSPS) is 20.8. The fraction of sp³-hybridized carbons (Fsp3) is 0.923. The van der Waals surface area contributed by atoms with Crippen LogP contribution in [0.4, 0.5) is 0 Å². The van der Waals surface area contributed by atoms with Crippen LogP contribution in [0.2, 0.25) is 0 Å². The van der Waals surface area contributed by atoms with Crippen LogP contribution < -0.4 is 0 Å². The molecule has 1 fully saturated rings.